The van der Waals surface area contributed by atoms with E-state index in [0.717, 1.165) is 5.69 Å². The number of halogens is 3. The number of hydrogen-bond donors (Lipinski definition) is 3. The van der Waals surface area contributed by atoms with E-state index in [0.29, 0.717) is 11.5 Å². The molecular weight excluding hydrogens is 484 g/mol. The summed E-state index contributed by atoms with van der Waals surface area (Å²) in [6, 6.07) is 9.24. The molecule has 0 bridgehead atoms. The minimum atomic E-state index is -1.15. The van der Waals surface area contributed by atoms with Gasteiger partial charge in [-0.1, -0.05) is 29.3 Å². The topological polar surface area (TPSA) is 111 Å². The lowest BCUT2D eigenvalue weighted by Crippen LogP contribution is -2.47. The molecule has 3 heterocycles. The zero-order valence-electron chi connectivity index (χ0n) is 18.2. The number of carbonyl (C=O) groups excluding carboxylic acids is 1. The van der Waals surface area contributed by atoms with Gasteiger partial charge in [-0.05, 0) is 44.0 Å². The van der Waals surface area contributed by atoms with Crippen molar-refractivity contribution in [3.63, 3.8) is 0 Å². The Labute approximate surface area is 205 Å². The van der Waals surface area contributed by atoms with Crippen molar-refractivity contribution < 1.29 is 19.1 Å². The van der Waals surface area contributed by atoms with Crippen LogP contribution in [0.25, 0.3) is 0 Å². The lowest BCUT2D eigenvalue weighted by Gasteiger charge is -2.39. The number of aromatic amines is 1. The van der Waals surface area contributed by atoms with Gasteiger partial charge >= 0.3 is 5.97 Å². The zero-order valence-corrected chi connectivity index (χ0v) is 19.8. The molecule has 0 radical (unpaired) electrons. The number of aryl methyl sites for hydroxylation is 1. The van der Waals surface area contributed by atoms with Gasteiger partial charge in [0.1, 0.15) is 0 Å². The number of hydrogen-bond acceptors (Lipinski definition) is 5. The number of carboxylic acids is 1. The molecule has 0 aliphatic carbocycles. The molecule has 1 aliphatic rings. The lowest BCUT2D eigenvalue weighted by molar-refractivity contribution is -0.151. The summed E-state index contributed by atoms with van der Waals surface area (Å²) in [6.45, 7) is 2.24. The van der Waals surface area contributed by atoms with Gasteiger partial charge in [0.2, 0.25) is 0 Å². The summed E-state index contributed by atoms with van der Waals surface area (Å²) in [4.78, 5) is 31.1. The average Bonchev–Trinajstić information content (AvgIpc) is 3.20. The van der Waals surface area contributed by atoms with Gasteiger partial charge in [0.05, 0.1) is 21.0 Å². The van der Waals surface area contributed by atoms with Gasteiger partial charge in [0.25, 0.3) is 5.91 Å². The normalized spacial score (nSPS) is 15.2. The first-order valence-corrected chi connectivity index (χ1v) is 11.4. The van der Waals surface area contributed by atoms with Gasteiger partial charge < -0.3 is 15.3 Å². The summed E-state index contributed by atoms with van der Waals surface area (Å²) in [5, 5.41) is 20.1. The van der Waals surface area contributed by atoms with Crippen molar-refractivity contribution in [1.29, 1.82) is 0 Å². The molecule has 11 heteroatoms. The van der Waals surface area contributed by atoms with Gasteiger partial charge in [0, 0.05) is 37.0 Å². The number of carbonyl (C=O) groups is 2. The second-order valence-electron chi connectivity index (χ2n) is 8.35. The molecule has 0 spiro atoms. The van der Waals surface area contributed by atoms with Crippen molar-refractivity contribution in [2.75, 3.05) is 18.4 Å². The van der Waals surface area contributed by atoms with Crippen molar-refractivity contribution in [2.45, 2.75) is 26.2 Å². The van der Waals surface area contributed by atoms with E-state index in [4.69, 9.17) is 23.2 Å². The van der Waals surface area contributed by atoms with Gasteiger partial charge in [0.15, 0.2) is 17.5 Å². The maximum atomic E-state index is 14.3. The van der Waals surface area contributed by atoms with Crippen LogP contribution in [-0.2, 0) is 11.2 Å². The fourth-order valence-corrected chi connectivity index (χ4v) is 4.64. The summed E-state index contributed by atoms with van der Waals surface area (Å²) in [7, 11) is 0. The summed E-state index contributed by atoms with van der Waals surface area (Å²) in [5.74, 6) is -1.54. The maximum absolute atomic E-state index is 14.3. The number of likely N-dealkylation sites (tertiary alicyclic amines) is 1. The highest BCUT2D eigenvalue weighted by Gasteiger charge is 2.43. The fraction of sp³-hybridized carbons (Fsp3) is 0.304. The zero-order chi connectivity index (χ0) is 24.5. The number of anilines is 2. The van der Waals surface area contributed by atoms with E-state index >= 15 is 0 Å². The Morgan fingerprint density at radius 2 is 1.88 bits per heavy atom. The van der Waals surface area contributed by atoms with E-state index in [1.54, 1.807) is 29.2 Å². The molecule has 1 saturated heterocycles. The van der Waals surface area contributed by atoms with Gasteiger partial charge in [-0.15, -0.1) is 0 Å². The van der Waals surface area contributed by atoms with Crippen LogP contribution in [0.1, 0.15) is 34.6 Å². The van der Waals surface area contributed by atoms with E-state index < -0.39 is 17.2 Å². The number of benzene rings is 1. The smallest absolute Gasteiger partial charge is 0.310 e. The van der Waals surface area contributed by atoms with Crippen LogP contribution < -0.4 is 5.32 Å². The first-order chi connectivity index (χ1) is 16.2. The highest BCUT2D eigenvalue weighted by atomic mass is 35.5. The van der Waals surface area contributed by atoms with E-state index in [-0.39, 0.29) is 59.7 Å². The maximum Gasteiger partial charge on any atom is 0.310 e. The van der Waals surface area contributed by atoms with Crippen LogP contribution in [-0.4, -0.2) is 50.2 Å². The third-order valence-electron chi connectivity index (χ3n) is 6.01. The van der Waals surface area contributed by atoms with E-state index in [1.807, 2.05) is 6.92 Å². The van der Waals surface area contributed by atoms with E-state index in [1.165, 1.54) is 12.1 Å². The Morgan fingerprint density at radius 3 is 2.47 bits per heavy atom. The first-order valence-electron chi connectivity index (χ1n) is 10.6. The van der Waals surface area contributed by atoms with Crippen molar-refractivity contribution in [1.82, 2.24) is 20.1 Å². The summed E-state index contributed by atoms with van der Waals surface area (Å²) < 4.78 is 14.3. The molecule has 1 amide bonds. The van der Waals surface area contributed by atoms with Crippen molar-refractivity contribution >= 4 is 46.7 Å². The molecule has 8 nitrogen and oxygen atoms in total. The number of piperidine rings is 1. The van der Waals surface area contributed by atoms with Gasteiger partial charge in [-0.25, -0.2) is 9.37 Å². The number of pyridine rings is 1. The van der Waals surface area contributed by atoms with Gasteiger partial charge in [-0.3, -0.25) is 14.7 Å². The highest BCUT2D eigenvalue weighted by Crippen LogP contribution is 2.37. The number of aliphatic carboxylic acids is 1. The number of amides is 1. The number of carboxylic acid groups (broad SMARTS) is 1. The number of H-pyrrole nitrogens is 1. The largest absolute Gasteiger partial charge is 0.481 e. The predicted molar refractivity (Wildman–Crippen MR) is 126 cm³/mol. The third-order valence-corrected chi connectivity index (χ3v) is 6.64. The van der Waals surface area contributed by atoms with E-state index in [2.05, 4.69) is 20.5 Å². The van der Waals surface area contributed by atoms with Crippen LogP contribution >= 0.6 is 23.2 Å². The molecule has 0 atom stereocenters. The molecule has 1 fully saturated rings. The second kappa shape index (κ2) is 9.60. The van der Waals surface area contributed by atoms with Gasteiger partial charge in [-0.2, -0.15) is 5.10 Å². The third kappa shape index (κ3) is 4.85. The Kier molecular flexibility index (Phi) is 6.77. The van der Waals surface area contributed by atoms with Crippen molar-refractivity contribution in [2.24, 2.45) is 5.41 Å². The Balaban J connectivity index is 1.50. The molecule has 1 aromatic carbocycles. The molecule has 3 aromatic rings. The van der Waals surface area contributed by atoms with Crippen LogP contribution in [0.4, 0.5) is 16.0 Å². The SMILES string of the molecule is Cc1cc(Nc2nc(CC3(C(=O)O)CCN(C(=O)c4c(Cl)cccc4Cl)CC3)ccc2F)n[nH]1. The van der Waals surface area contributed by atoms with Crippen LogP contribution in [0, 0.1) is 18.2 Å². The second-order valence-corrected chi connectivity index (χ2v) is 9.16. The summed E-state index contributed by atoms with van der Waals surface area (Å²) in [5.41, 5.74) is 0.278. The molecule has 0 unspecified atom stereocenters. The van der Waals surface area contributed by atoms with Crippen LogP contribution in [0.3, 0.4) is 0 Å². The number of aromatic nitrogens is 3. The predicted octanol–water partition coefficient (Wildman–Crippen LogP) is 4.85. The molecule has 3 N–H and O–H groups in total. The standard InChI is InChI=1S/C23H22Cl2FN5O3/c1-13-11-18(30-29-13)28-20-17(26)6-5-14(27-20)12-23(22(33)34)7-9-31(10-8-23)21(32)19-15(24)3-2-4-16(19)25/h2-6,11H,7-10,12H2,1H3,(H,33,34)(H2,27,28,29,30). The molecule has 1 aliphatic heterocycles. The Hall–Kier alpha value is -3.17. The molecule has 4 rings (SSSR count). The Morgan fingerprint density at radius 1 is 1.21 bits per heavy atom. The van der Waals surface area contributed by atoms with Crippen molar-refractivity contribution in [3.8, 4) is 0 Å². The fourth-order valence-electron chi connectivity index (χ4n) is 4.08. The quantitative estimate of drug-likeness (QED) is 0.441. The number of rotatable bonds is 6. The number of nitrogens with one attached hydrogen (secondary N) is 2. The summed E-state index contributed by atoms with van der Waals surface area (Å²) >= 11 is 12.3. The molecule has 2 aromatic heterocycles. The highest BCUT2D eigenvalue weighted by molar-refractivity contribution is 6.39. The number of nitrogens with zero attached hydrogens (tertiary/aromatic N) is 3. The average molecular weight is 506 g/mol. The van der Waals surface area contributed by atoms with Crippen molar-refractivity contribution in [3.05, 3.63) is 69.2 Å². The molecule has 34 heavy (non-hydrogen) atoms. The van der Waals surface area contributed by atoms with Crippen LogP contribution in [0.2, 0.25) is 10.0 Å². The van der Waals surface area contributed by atoms with E-state index in [9.17, 15) is 19.1 Å². The summed E-state index contributed by atoms with van der Waals surface area (Å²) in [6.07, 6.45) is 0.499. The molecule has 0 saturated carbocycles. The Bertz CT molecular complexity index is 1220. The molecular formula is C23H22Cl2FN5O3. The lowest BCUT2D eigenvalue weighted by atomic mass is 9.74. The van der Waals surface area contributed by atoms with Crippen LogP contribution in [0.5, 0.6) is 0 Å². The van der Waals surface area contributed by atoms with Crippen LogP contribution in [0.15, 0.2) is 36.4 Å². The monoisotopic (exact) mass is 505 g/mol. The minimum Gasteiger partial charge on any atom is -0.481 e. The molecule has 178 valence electrons. The first kappa shape index (κ1) is 24.0. The minimum absolute atomic E-state index is 0.0366.